The number of hydrogen-bond acceptors (Lipinski definition) is 4. The molecule has 0 heterocycles. The third kappa shape index (κ3) is 12.1. The van der Waals surface area contributed by atoms with Crippen molar-refractivity contribution in [3.63, 3.8) is 0 Å². The van der Waals surface area contributed by atoms with Crippen molar-refractivity contribution in [3.05, 3.63) is 48.5 Å². The van der Waals surface area contributed by atoms with Crippen LogP contribution >= 0.6 is 14.7 Å². The van der Waals surface area contributed by atoms with E-state index < -0.39 is 14.7 Å². The van der Waals surface area contributed by atoms with E-state index in [0.29, 0.717) is 19.4 Å². The molecule has 0 amide bonds. The lowest BCUT2D eigenvalue weighted by Crippen LogP contribution is -1.98. The molecule has 0 bridgehead atoms. The van der Waals surface area contributed by atoms with Crippen molar-refractivity contribution < 1.29 is 18.2 Å². The first-order valence-electron chi connectivity index (χ1n) is 11.2. The van der Waals surface area contributed by atoms with Crippen LogP contribution in [0.25, 0.3) is 10.8 Å². The van der Waals surface area contributed by atoms with E-state index in [1.165, 1.54) is 10.8 Å². The van der Waals surface area contributed by atoms with Crippen LogP contribution in [0, 0.1) is 0 Å². The van der Waals surface area contributed by atoms with Crippen molar-refractivity contribution in [1.29, 1.82) is 0 Å². The highest BCUT2D eigenvalue weighted by atomic mass is 31.2. The molecule has 2 aromatic rings. The fourth-order valence-electron chi connectivity index (χ4n) is 2.91. The van der Waals surface area contributed by atoms with Crippen molar-refractivity contribution in [2.45, 2.75) is 54.4 Å². The maximum Gasteiger partial charge on any atom is 0.330 e. The van der Waals surface area contributed by atoms with E-state index in [0.717, 1.165) is 31.3 Å². The SMILES string of the molecule is CCCP(=O)(CC)CC.CCCP(=O)(OCC)OCC.c1ccc2ccccc2c1. The third-order valence-electron chi connectivity index (χ3n) is 4.59. The summed E-state index contributed by atoms with van der Waals surface area (Å²) < 4.78 is 33.2. The van der Waals surface area contributed by atoms with Gasteiger partial charge in [-0.15, -0.1) is 0 Å². The van der Waals surface area contributed by atoms with Crippen molar-refractivity contribution in [2.75, 3.05) is 37.9 Å². The Kier molecular flexibility index (Phi) is 16.2. The van der Waals surface area contributed by atoms with Crippen LogP contribution in [-0.2, 0) is 18.2 Å². The second-order valence-corrected chi connectivity index (χ2v) is 12.9. The summed E-state index contributed by atoms with van der Waals surface area (Å²) in [6.45, 7) is 12.7. The molecule has 0 aliphatic carbocycles. The Hall–Kier alpha value is -0.920. The third-order valence-corrected chi connectivity index (χ3v) is 10.5. The van der Waals surface area contributed by atoms with Gasteiger partial charge < -0.3 is 13.6 Å². The molecule has 0 spiro atoms. The van der Waals surface area contributed by atoms with E-state index in [1.807, 2.05) is 34.6 Å². The first kappa shape index (κ1) is 29.1. The molecule has 30 heavy (non-hydrogen) atoms. The zero-order valence-electron chi connectivity index (χ0n) is 19.8. The molecule has 0 saturated carbocycles. The number of rotatable bonds is 10. The second kappa shape index (κ2) is 16.7. The smallest absolute Gasteiger partial charge is 0.324 e. The van der Waals surface area contributed by atoms with E-state index in [-0.39, 0.29) is 0 Å². The normalized spacial score (nSPS) is 11.3. The van der Waals surface area contributed by atoms with Gasteiger partial charge in [-0.05, 0) is 49.8 Å². The number of benzene rings is 2. The lowest BCUT2D eigenvalue weighted by atomic mass is 10.1. The largest absolute Gasteiger partial charge is 0.330 e. The van der Waals surface area contributed by atoms with Crippen LogP contribution in [0.15, 0.2) is 48.5 Å². The maximum absolute atomic E-state index is 11.6. The molecule has 0 aliphatic rings. The van der Waals surface area contributed by atoms with Crippen molar-refractivity contribution in [1.82, 2.24) is 0 Å². The molecule has 0 N–H and O–H groups in total. The minimum absolute atomic E-state index is 0.456. The molecular formula is C24H42O4P2. The van der Waals surface area contributed by atoms with Gasteiger partial charge in [0.25, 0.3) is 0 Å². The Morgan fingerprint density at radius 1 is 0.633 bits per heavy atom. The van der Waals surface area contributed by atoms with Gasteiger partial charge in [0.1, 0.15) is 0 Å². The van der Waals surface area contributed by atoms with E-state index in [9.17, 15) is 9.13 Å². The Labute approximate surface area is 184 Å². The van der Waals surface area contributed by atoms with Gasteiger partial charge in [-0.3, -0.25) is 4.57 Å². The molecule has 0 saturated heterocycles. The first-order valence-corrected chi connectivity index (χ1v) is 15.2. The molecule has 0 unspecified atom stereocenters. The van der Waals surface area contributed by atoms with Crippen LogP contribution in [0.3, 0.4) is 0 Å². The van der Waals surface area contributed by atoms with E-state index in [1.54, 1.807) is 0 Å². The quantitative estimate of drug-likeness (QED) is 0.337. The Balaban J connectivity index is 0.000000423. The highest BCUT2D eigenvalue weighted by molar-refractivity contribution is 7.63. The molecule has 0 atom stereocenters. The lowest BCUT2D eigenvalue weighted by molar-refractivity contribution is 0.220. The number of fused-ring (bicyclic) bond motifs is 1. The van der Waals surface area contributed by atoms with Crippen LogP contribution in [0.5, 0.6) is 0 Å². The van der Waals surface area contributed by atoms with Gasteiger partial charge in [0, 0.05) is 12.3 Å². The molecule has 172 valence electrons. The van der Waals surface area contributed by atoms with Crippen molar-refractivity contribution in [3.8, 4) is 0 Å². The molecule has 2 rings (SSSR count). The topological polar surface area (TPSA) is 52.6 Å². The molecule has 0 aromatic heterocycles. The van der Waals surface area contributed by atoms with Gasteiger partial charge in [-0.2, -0.15) is 0 Å². The van der Waals surface area contributed by atoms with Gasteiger partial charge in [0.05, 0.1) is 20.4 Å². The zero-order chi connectivity index (χ0) is 22.9. The first-order chi connectivity index (χ1) is 14.3. The fourth-order valence-corrected chi connectivity index (χ4v) is 6.48. The summed E-state index contributed by atoms with van der Waals surface area (Å²) in [5, 5.41) is 2.62. The average Bonchev–Trinajstić information content (AvgIpc) is 2.75. The molecule has 0 aliphatic heterocycles. The molecule has 0 fully saturated rings. The van der Waals surface area contributed by atoms with Gasteiger partial charge in [0.2, 0.25) is 0 Å². The summed E-state index contributed by atoms with van der Waals surface area (Å²) in [7, 11) is -4.40. The van der Waals surface area contributed by atoms with E-state index in [2.05, 4.69) is 55.5 Å². The van der Waals surface area contributed by atoms with Gasteiger partial charge in [-0.25, -0.2) is 0 Å². The highest BCUT2D eigenvalue weighted by Crippen LogP contribution is 2.48. The molecule has 2 aromatic carbocycles. The second-order valence-electron chi connectivity index (χ2n) is 6.93. The predicted octanol–water partition coefficient (Wildman–Crippen LogP) is 8.30. The van der Waals surface area contributed by atoms with E-state index >= 15 is 0 Å². The summed E-state index contributed by atoms with van der Waals surface area (Å²) >= 11 is 0. The van der Waals surface area contributed by atoms with Crippen LogP contribution in [0.2, 0.25) is 0 Å². The van der Waals surface area contributed by atoms with Crippen LogP contribution in [0.1, 0.15) is 54.4 Å². The monoisotopic (exact) mass is 456 g/mol. The van der Waals surface area contributed by atoms with Gasteiger partial charge in [-0.1, -0.05) is 76.2 Å². The number of hydrogen-bond donors (Lipinski definition) is 0. The average molecular weight is 457 g/mol. The lowest BCUT2D eigenvalue weighted by Gasteiger charge is -2.15. The zero-order valence-corrected chi connectivity index (χ0v) is 21.6. The molecular weight excluding hydrogens is 414 g/mol. The van der Waals surface area contributed by atoms with Crippen molar-refractivity contribution >= 4 is 25.5 Å². The Bertz CT molecular complexity index is 679. The minimum atomic E-state index is -2.72. The Morgan fingerprint density at radius 2 is 1.00 bits per heavy atom. The Morgan fingerprint density at radius 3 is 1.23 bits per heavy atom. The standard InChI is InChI=1S/C10H8.C7H17O3P.C7H17OP/c1-2-6-10-8-4-3-7-9(10)5-1;1-4-7-11(8,9-5-2)10-6-3;1-4-7-9(8,5-2)6-3/h1-8H;4-7H2,1-3H3;4-7H2,1-3H3. The molecule has 6 heteroatoms. The summed E-state index contributed by atoms with van der Waals surface area (Å²) in [6, 6.07) is 16.7. The van der Waals surface area contributed by atoms with Crippen molar-refractivity contribution in [2.24, 2.45) is 0 Å². The summed E-state index contributed by atoms with van der Waals surface area (Å²) in [6.07, 6.45) is 5.14. The highest BCUT2D eigenvalue weighted by Gasteiger charge is 2.21. The van der Waals surface area contributed by atoms with E-state index in [4.69, 9.17) is 9.05 Å². The predicted molar refractivity (Wildman–Crippen MR) is 134 cm³/mol. The maximum atomic E-state index is 11.6. The van der Waals surface area contributed by atoms with Crippen LogP contribution < -0.4 is 0 Å². The summed E-state index contributed by atoms with van der Waals surface area (Å²) in [5.74, 6) is 0. The minimum Gasteiger partial charge on any atom is -0.324 e. The van der Waals surface area contributed by atoms with Crippen LogP contribution in [-0.4, -0.2) is 37.9 Å². The van der Waals surface area contributed by atoms with Gasteiger partial charge >= 0.3 is 7.60 Å². The summed E-state index contributed by atoms with van der Waals surface area (Å²) in [5.41, 5.74) is 0. The summed E-state index contributed by atoms with van der Waals surface area (Å²) in [4.78, 5) is 0. The van der Waals surface area contributed by atoms with Crippen LogP contribution in [0.4, 0.5) is 0 Å². The molecule has 0 radical (unpaired) electrons. The van der Waals surface area contributed by atoms with Gasteiger partial charge in [0.15, 0.2) is 0 Å². The fraction of sp³-hybridized carbons (Fsp3) is 0.583. The molecule has 4 nitrogen and oxygen atoms in total.